The molecule has 162 valence electrons. The highest BCUT2D eigenvalue weighted by molar-refractivity contribution is 7.48. The lowest BCUT2D eigenvalue weighted by atomic mass is 10.1. The summed E-state index contributed by atoms with van der Waals surface area (Å²) in [5, 5.41) is 9.37. The van der Waals surface area contributed by atoms with Crippen LogP contribution in [0, 0.1) is 6.92 Å². The Bertz CT molecular complexity index is 1100. The molecule has 2 saturated heterocycles. The van der Waals surface area contributed by atoms with Gasteiger partial charge in [0.15, 0.2) is 12.4 Å². The molecule has 0 saturated carbocycles. The van der Waals surface area contributed by atoms with E-state index in [9.17, 15) is 19.3 Å². The maximum absolute atomic E-state index is 15.1. The molecule has 2 N–H and O–H groups in total. The second kappa shape index (κ2) is 8.18. The number of aromatic nitrogens is 2. The molecule has 12 heteroatoms. The molecule has 10 nitrogen and oxygen atoms in total. The summed E-state index contributed by atoms with van der Waals surface area (Å²) in [6.07, 6.45) is -4.25. The lowest BCUT2D eigenvalue weighted by Crippen LogP contribution is -2.39. The normalized spacial score (nSPS) is 30.9. The van der Waals surface area contributed by atoms with E-state index in [0.29, 0.717) is 11.1 Å². The molecule has 2 aromatic rings. The third-order valence-corrected chi connectivity index (χ3v) is 6.41. The number of aliphatic hydroxyl groups is 1. The van der Waals surface area contributed by atoms with Gasteiger partial charge in [0.25, 0.3) is 5.56 Å². The zero-order valence-electron chi connectivity index (χ0n) is 15.9. The van der Waals surface area contributed by atoms with Crippen LogP contribution in [0.1, 0.15) is 22.9 Å². The molecule has 0 spiro atoms. The van der Waals surface area contributed by atoms with E-state index in [1.165, 1.54) is 13.1 Å². The summed E-state index contributed by atoms with van der Waals surface area (Å²) >= 11 is 0. The van der Waals surface area contributed by atoms with Crippen molar-refractivity contribution >= 4 is 7.82 Å². The summed E-state index contributed by atoms with van der Waals surface area (Å²) in [5.41, 5.74) is -0.0498. The summed E-state index contributed by atoms with van der Waals surface area (Å²) in [6, 6.07) is 6.83. The standard InChI is InChI=1S/C18H20FN2O8P/c1-10-6-21(18(24)20-16(10)23)17-14(19)15-13(28-17)9-27-30(25,29-15)26-8-12-5-3-2-4-11(12)7-22/h2-6,13-15,17,22H,7-9H2,1H3,(H,20,23,24)/t13-,14+,15-,17-,30?/m0/s1. The number of phosphoric acid groups is 1. The average molecular weight is 442 g/mol. The number of aromatic amines is 1. The quantitative estimate of drug-likeness (QED) is 0.664. The van der Waals surface area contributed by atoms with Crippen molar-refractivity contribution < 1.29 is 32.4 Å². The van der Waals surface area contributed by atoms with Gasteiger partial charge in [0, 0.05) is 11.8 Å². The molecule has 0 radical (unpaired) electrons. The first-order chi connectivity index (χ1) is 14.3. The van der Waals surface area contributed by atoms with Gasteiger partial charge in [0.1, 0.15) is 12.2 Å². The number of aryl methyl sites for hydroxylation is 1. The lowest BCUT2D eigenvalue weighted by molar-refractivity contribution is -0.0731. The topological polar surface area (TPSA) is 129 Å². The summed E-state index contributed by atoms with van der Waals surface area (Å²) in [7, 11) is -4.11. The Morgan fingerprint density at radius 2 is 2.07 bits per heavy atom. The minimum absolute atomic E-state index is 0.175. The number of ether oxygens (including phenoxy) is 1. The maximum Gasteiger partial charge on any atom is 0.475 e. The number of rotatable bonds is 5. The first kappa shape index (κ1) is 21.1. The van der Waals surface area contributed by atoms with Crippen LogP contribution in [0.5, 0.6) is 0 Å². The van der Waals surface area contributed by atoms with Crippen LogP contribution in [-0.4, -0.2) is 39.6 Å². The van der Waals surface area contributed by atoms with E-state index >= 15 is 4.39 Å². The minimum Gasteiger partial charge on any atom is -0.392 e. The van der Waals surface area contributed by atoms with Crippen molar-refractivity contribution in [1.82, 2.24) is 9.55 Å². The third-order valence-electron chi connectivity index (χ3n) is 5.00. The van der Waals surface area contributed by atoms with Gasteiger partial charge in [0.2, 0.25) is 0 Å². The first-order valence-electron chi connectivity index (χ1n) is 9.18. The van der Waals surface area contributed by atoms with Gasteiger partial charge < -0.3 is 9.84 Å². The molecular formula is C18H20FN2O8P. The predicted octanol–water partition coefficient (Wildman–Crippen LogP) is 1.31. The Labute approximate surface area is 169 Å². The highest BCUT2D eigenvalue weighted by atomic mass is 31.2. The lowest BCUT2D eigenvalue weighted by Gasteiger charge is -2.30. The number of H-pyrrole nitrogens is 1. The number of halogens is 1. The predicted molar refractivity (Wildman–Crippen MR) is 100 cm³/mol. The Kier molecular flexibility index (Phi) is 5.75. The molecule has 5 atom stereocenters. The smallest absolute Gasteiger partial charge is 0.392 e. The second-order valence-corrected chi connectivity index (χ2v) is 8.62. The molecule has 2 fully saturated rings. The van der Waals surface area contributed by atoms with E-state index in [-0.39, 0.29) is 25.4 Å². The van der Waals surface area contributed by atoms with Gasteiger partial charge in [0.05, 0.1) is 19.8 Å². The van der Waals surface area contributed by atoms with E-state index < -0.39 is 43.7 Å². The van der Waals surface area contributed by atoms with Crippen LogP contribution in [0.2, 0.25) is 0 Å². The fraction of sp³-hybridized carbons (Fsp3) is 0.444. The number of hydrogen-bond donors (Lipinski definition) is 2. The van der Waals surface area contributed by atoms with E-state index in [1.807, 2.05) is 0 Å². The number of nitrogens with zero attached hydrogens (tertiary/aromatic N) is 1. The molecule has 1 aromatic heterocycles. The average Bonchev–Trinajstić information content (AvgIpc) is 3.05. The van der Waals surface area contributed by atoms with Gasteiger partial charge in [-0.25, -0.2) is 13.8 Å². The zero-order valence-corrected chi connectivity index (χ0v) is 16.8. The Hall–Kier alpha value is -2.14. The largest absolute Gasteiger partial charge is 0.475 e. The minimum atomic E-state index is -4.11. The maximum atomic E-state index is 15.1. The van der Waals surface area contributed by atoms with E-state index in [1.54, 1.807) is 24.3 Å². The summed E-state index contributed by atoms with van der Waals surface area (Å²) < 4.78 is 50.2. The molecule has 2 aliphatic heterocycles. The van der Waals surface area contributed by atoms with Gasteiger partial charge in [-0.1, -0.05) is 24.3 Å². The van der Waals surface area contributed by atoms with Crippen LogP contribution in [0.4, 0.5) is 4.39 Å². The number of phosphoric ester groups is 1. The van der Waals surface area contributed by atoms with E-state index in [0.717, 1.165) is 4.57 Å². The molecule has 0 aliphatic carbocycles. The van der Waals surface area contributed by atoms with E-state index in [4.69, 9.17) is 18.3 Å². The van der Waals surface area contributed by atoms with Gasteiger partial charge in [-0.2, -0.15) is 0 Å². The SMILES string of the molecule is Cc1cn([C@H]2O[C@H]3COP(=O)(OCc4ccccc4CO)O[C@@H]3[C@H]2F)c(=O)[nH]c1=O. The number of nitrogens with one attached hydrogen (secondary N) is 1. The van der Waals surface area contributed by atoms with Gasteiger partial charge >= 0.3 is 13.5 Å². The fourth-order valence-electron chi connectivity index (χ4n) is 3.37. The van der Waals surface area contributed by atoms with Crippen LogP contribution in [-0.2, 0) is 36.1 Å². The van der Waals surface area contributed by atoms with Gasteiger partial charge in [-0.05, 0) is 18.1 Å². The van der Waals surface area contributed by atoms with Crippen molar-refractivity contribution in [3.63, 3.8) is 0 Å². The summed E-state index contributed by atoms with van der Waals surface area (Å²) in [4.78, 5) is 25.7. The number of hydrogen-bond acceptors (Lipinski definition) is 8. The highest BCUT2D eigenvalue weighted by Crippen LogP contribution is 2.57. The van der Waals surface area contributed by atoms with Crippen molar-refractivity contribution in [2.24, 2.45) is 0 Å². The first-order valence-corrected chi connectivity index (χ1v) is 10.6. The van der Waals surface area contributed by atoms with Crippen LogP contribution < -0.4 is 11.2 Å². The van der Waals surface area contributed by atoms with Gasteiger partial charge in [-0.15, -0.1) is 0 Å². The van der Waals surface area contributed by atoms with Crippen molar-refractivity contribution in [1.29, 1.82) is 0 Å². The van der Waals surface area contributed by atoms with Crippen molar-refractivity contribution in [3.05, 3.63) is 68.0 Å². The number of fused-ring (bicyclic) bond motifs is 1. The Morgan fingerprint density at radius 3 is 2.80 bits per heavy atom. The monoisotopic (exact) mass is 442 g/mol. The van der Waals surface area contributed by atoms with Crippen LogP contribution >= 0.6 is 7.82 Å². The third kappa shape index (κ3) is 3.92. The molecule has 3 heterocycles. The highest BCUT2D eigenvalue weighted by Gasteiger charge is 2.54. The van der Waals surface area contributed by atoms with Gasteiger partial charge in [-0.3, -0.25) is 27.9 Å². The van der Waals surface area contributed by atoms with Crippen molar-refractivity contribution in [2.75, 3.05) is 6.61 Å². The second-order valence-electron chi connectivity index (χ2n) is 7.00. The van der Waals surface area contributed by atoms with Crippen LogP contribution in [0.3, 0.4) is 0 Å². The van der Waals surface area contributed by atoms with Crippen LogP contribution in [0.15, 0.2) is 40.1 Å². The zero-order chi connectivity index (χ0) is 21.5. The molecule has 1 aromatic carbocycles. The molecule has 4 rings (SSSR count). The van der Waals surface area contributed by atoms with Crippen molar-refractivity contribution in [2.45, 2.75) is 44.7 Å². The van der Waals surface area contributed by atoms with Crippen molar-refractivity contribution in [3.8, 4) is 0 Å². The van der Waals surface area contributed by atoms with Crippen LogP contribution in [0.25, 0.3) is 0 Å². The molecule has 0 bridgehead atoms. The number of aliphatic hydroxyl groups excluding tert-OH is 1. The summed E-state index contributed by atoms with van der Waals surface area (Å²) in [5.74, 6) is 0. The Morgan fingerprint density at radius 1 is 1.33 bits per heavy atom. The molecule has 2 aliphatic rings. The molecular weight excluding hydrogens is 422 g/mol. The number of alkyl halides is 1. The molecule has 1 unspecified atom stereocenters. The summed E-state index contributed by atoms with van der Waals surface area (Å²) in [6.45, 7) is 0.796. The fourth-order valence-corrected chi connectivity index (χ4v) is 4.74. The number of benzene rings is 1. The molecule has 30 heavy (non-hydrogen) atoms. The Balaban J connectivity index is 1.50. The van der Waals surface area contributed by atoms with E-state index in [2.05, 4.69) is 4.98 Å². The molecule has 0 amide bonds.